The molecule has 1 aromatic carbocycles. The number of ether oxygens (including phenoxy) is 1. The lowest BCUT2D eigenvalue weighted by Gasteiger charge is -2.37. The van der Waals surface area contributed by atoms with Crippen LogP contribution in [-0.2, 0) is 10.6 Å². The van der Waals surface area contributed by atoms with Crippen LogP contribution < -0.4 is 10.2 Å². The lowest BCUT2D eigenvalue weighted by molar-refractivity contribution is 0.0402. The SMILES string of the molecule is CC(C)(C)OC(=O)N[C@@H]1CCN(c2ccc(CCl)cc2)C[C@H]1O. The maximum absolute atomic E-state index is 11.8. The Morgan fingerprint density at radius 3 is 2.57 bits per heavy atom. The summed E-state index contributed by atoms with van der Waals surface area (Å²) in [7, 11) is 0. The first-order chi connectivity index (χ1) is 10.8. The first-order valence-electron chi connectivity index (χ1n) is 7.86. The fourth-order valence-corrected chi connectivity index (χ4v) is 2.77. The van der Waals surface area contributed by atoms with Gasteiger partial charge in [-0.3, -0.25) is 0 Å². The largest absolute Gasteiger partial charge is 0.444 e. The Labute approximate surface area is 142 Å². The molecule has 1 fully saturated rings. The average Bonchev–Trinajstić information content (AvgIpc) is 2.47. The molecule has 0 unspecified atom stereocenters. The van der Waals surface area contributed by atoms with E-state index in [1.807, 2.05) is 45.0 Å². The van der Waals surface area contributed by atoms with Crippen LogP contribution in [0.2, 0.25) is 0 Å². The van der Waals surface area contributed by atoms with Gasteiger partial charge in [0.15, 0.2) is 0 Å². The topological polar surface area (TPSA) is 61.8 Å². The van der Waals surface area contributed by atoms with Crippen molar-refractivity contribution in [2.24, 2.45) is 0 Å². The fraction of sp³-hybridized carbons (Fsp3) is 0.588. The van der Waals surface area contributed by atoms with E-state index in [9.17, 15) is 9.90 Å². The van der Waals surface area contributed by atoms with E-state index in [-0.39, 0.29) is 6.04 Å². The van der Waals surface area contributed by atoms with Crippen molar-refractivity contribution < 1.29 is 14.6 Å². The van der Waals surface area contributed by atoms with E-state index in [1.54, 1.807) is 0 Å². The quantitative estimate of drug-likeness (QED) is 0.831. The van der Waals surface area contributed by atoms with Gasteiger partial charge >= 0.3 is 6.09 Å². The minimum atomic E-state index is -0.635. The molecular formula is C17H25ClN2O3. The third-order valence-electron chi connectivity index (χ3n) is 3.74. The number of carbonyl (C=O) groups is 1. The number of nitrogens with one attached hydrogen (secondary N) is 1. The van der Waals surface area contributed by atoms with Crippen molar-refractivity contribution in [3.8, 4) is 0 Å². The van der Waals surface area contributed by atoms with Crippen LogP contribution in [0.25, 0.3) is 0 Å². The number of benzene rings is 1. The van der Waals surface area contributed by atoms with Crippen LogP contribution in [0.15, 0.2) is 24.3 Å². The molecule has 1 aliphatic heterocycles. The van der Waals surface area contributed by atoms with E-state index in [2.05, 4.69) is 10.2 Å². The van der Waals surface area contributed by atoms with Gasteiger partial charge in [-0.1, -0.05) is 12.1 Å². The second-order valence-electron chi connectivity index (χ2n) is 6.85. The van der Waals surface area contributed by atoms with Crippen molar-refractivity contribution in [3.63, 3.8) is 0 Å². The first-order valence-corrected chi connectivity index (χ1v) is 8.39. The number of alkyl carbamates (subject to hydrolysis) is 1. The molecule has 128 valence electrons. The molecule has 23 heavy (non-hydrogen) atoms. The minimum Gasteiger partial charge on any atom is -0.444 e. The number of aliphatic hydroxyl groups excluding tert-OH is 1. The zero-order valence-electron chi connectivity index (χ0n) is 13.9. The second kappa shape index (κ2) is 7.41. The molecule has 6 heteroatoms. The Kier molecular flexibility index (Phi) is 5.76. The van der Waals surface area contributed by atoms with Gasteiger partial charge in [-0.2, -0.15) is 0 Å². The van der Waals surface area contributed by atoms with Gasteiger partial charge in [-0.05, 0) is 44.9 Å². The molecule has 5 nitrogen and oxygen atoms in total. The predicted octanol–water partition coefficient (Wildman–Crippen LogP) is 2.89. The number of hydrogen-bond acceptors (Lipinski definition) is 4. The Morgan fingerprint density at radius 2 is 2.04 bits per heavy atom. The molecule has 2 atom stereocenters. The molecule has 1 aromatic rings. The van der Waals surface area contributed by atoms with E-state index in [1.165, 1.54) is 0 Å². The van der Waals surface area contributed by atoms with Crippen LogP contribution >= 0.6 is 11.6 Å². The number of carbonyl (C=O) groups excluding carboxylic acids is 1. The van der Waals surface area contributed by atoms with Crippen LogP contribution in [0.1, 0.15) is 32.8 Å². The number of hydrogen-bond donors (Lipinski definition) is 2. The lowest BCUT2D eigenvalue weighted by atomic mass is 10.0. The monoisotopic (exact) mass is 340 g/mol. The second-order valence-corrected chi connectivity index (χ2v) is 7.12. The normalized spacial score (nSPS) is 21.9. The highest BCUT2D eigenvalue weighted by molar-refractivity contribution is 6.17. The Balaban J connectivity index is 1.90. The van der Waals surface area contributed by atoms with Crippen LogP contribution in [-0.4, -0.2) is 42.0 Å². The van der Waals surface area contributed by atoms with Gasteiger partial charge in [-0.15, -0.1) is 11.6 Å². The van der Waals surface area contributed by atoms with Crippen molar-refractivity contribution in [2.45, 2.75) is 50.8 Å². The van der Waals surface area contributed by atoms with Crippen LogP contribution in [0.3, 0.4) is 0 Å². The van der Waals surface area contributed by atoms with Crippen molar-refractivity contribution in [1.29, 1.82) is 0 Å². The van der Waals surface area contributed by atoms with Gasteiger partial charge in [0.05, 0.1) is 12.1 Å². The van der Waals surface area contributed by atoms with Gasteiger partial charge in [0.1, 0.15) is 5.60 Å². The average molecular weight is 341 g/mol. The summed E-state index contributed by atoms with van der Waals surface area (Å²) in [4.78, 5) is 13.9. The lowest BCUT2D eigenvalue weighted by Crippen LogP contribution is -2.54. The number of amides is 1. The smallest absolute Gasteiger partial charge is 0.407 e. The summed E-state index contributed by atoms with van der Waals surface area (Å²) in [5.41, 5.74) is 1.57. The highest BCUT2D eigenvalue weighted by Crippen LogP contribution is 2.21. The molecule has 0 aliphatic carbocycles. The summed E-state index contributed by atoms with van der Waals surface area (Å²) in [5, 5.41) is 13.1. The van der Waals surface area contributed by atoms with E-state index >= 15 is 0 Å². The number of piperidine rings is 1. The number of anilines is 1. The van der Waals surface area contributed by atoms with Crippen LogP contribution in [0.4, 0.5) is 10.5 Å². The Hall–Kier alpha value is -1.46. The molecule has 1 aliphatic rings. The Morgan fingerprint density at radius 1 is 1.39 bits per heavy atom. The molecule has 2 N–H and O–H groups in total. The maximum Gasteiger partial charge on any atom is 0.407 e. The molecule has 0 radical (unpaired) electrons. The number of β-amino-alcohol motifs (C(OH)–C–C–N with tert-alkyl or cyclic N) is 1. The number of halogens is 1. The van der Waals surface area contributed by atoms with E-state index in [4.69, 9.17) is 16.3 Å². The zero-order valence-corrected chi connectivity index (χ0v) is 14.6. The standard InChI is InChI=1S/C17H25ClN2O3/c1-17(2,3)23-16(22)19-14-8-9-20(11-15(14)21)13-6-4-12(10-18)5-7-13/h4-7,14-15,21H,8-11H2,1-3H3,(H,19,22)/t14-,15-/m1/s1. The molecule has 0 aromatic heterocycles. The van der Waals surface area contributed by atoms with Gasteiger partial charge in [-0.25, -0.2) is 4.79 Å². The third-order valence-corrected chi connectivity index (χ3v) is 4.05. The summed E-state index contributed by atoms with van der Waals surface area (Å²) in [6.07, 6.45) is -0.456. The van der Waals surface area contributed by atoms with Crippen molar-refractivity contribution >= 4 is 23.4 Å². The maximum atomic E-state index is 11.8. The molecule has 2 rings (SSSR count). The summed E-state index contributed by atoms with van der Waals surface area (Å²) >= 11 is 5.80. The van der Waals surface area contributed by atoms with E-state index < -0.39 is 17.8 Å². The van der Waals surface area contributed by atoms with E-state index in [0.29, 0.717) is 18.8 Å². The molecule has 1 saturated heterocycles. The molecule has 0 bridgehead atoms. The van der Waals surface area contributed by atoms with Gasteiger partial charge in [0.2, 0.25) is 0 Å². The Bertz CT molecular complexity index is 528. The highest BCUT2D eigenvalue weighted by atomic mass is 35.5. The van der Waals surface area contributed by atoms with Gasteiger partial charge in [0.25, 0.3) is 0 Å². The molecular weight excluding hydrogens is 316 g/mol. The summed E-state index contributed by atoms with van der Waals surface area (Å²) < 4.78 is 5.24. The summed E-state index contributed by atoms with van der Waals surface area (Å²) in [6.45, 7) is 6.68. The molecule has 0 saturated carbocycles. The predicted molar refractivity (Wildman–Crippen MR) is 92.0 cm³/mol. The van der Waals surface area contributed by atoms with Crippen LogP contribution in [0.5, 0.6) is 0 Å². The van der Waals surface area contributed by atoms with Crippen molar-refractivity contribution in [3.05, 3.63) is 29.8 Å². The van der Waals surface area contributed by atoms with Crippen molar-refractivity contribution in [2.75, 3.05) is 18.0 Å². The summed E-state index contributed by atoms with van der Waals surface area (Å²) in [6, 6.07) is 7.70. The summed E-state index contributed by atoms with van der Waals surface area (Å²) in [5.74, 6) is 0.491. The third kappa shape index (κ3) is 5.29. The van der Waals surface area contributed by atoms with Gasteiger partial charge < -0.3 is 20.1 Å². The first kappa shape index (κ1) is 17.9. The number of alkyl halides is 1. The molecule has 1 heterocycles. The number of nitrogens with zero attached hydrogens (tertiary/aromatic N) is 1. The zero-order chi connectivity index (χ0) is 17.0. The minimum absolute atomic E-state index is 0.289. The highest BCUT2D eigenvalue weighted by Gasteiger charge is 2.30. The number of rotatable bonds is 3. The number of aliphatic hydroxyl groups is 1. The fourth-order valence-electron chi connectivity index (χ4n) is 2.59. The molecule has 1 amide bonds. The molecule has 0 spiro atoms. The van der Waals surface area contributed by atoms with Crippen LogP contribution in [0, 0.1) is 0 Å². The van der Waals surface area contributed by atoms with Crippen molar-refractivity contribution in [1.82, 2.24) is 5.32 Å². The van der Waals surface area contributed by atoms with Gasteiger partial charge in [0, 0.05) is 24.7 Å². The van der Waals surface area contributed by atoms with E-state index in [0.717, 1.165) is 17.8 Å².